The van der Waals surface area contributed by atoms with Crippen LogP contribution in [0, 0.1) is 0 Å². The Balaban J connectivity index is 2.49. The molecule has 2 N–H and O–H groups in total. The molecule has 0 bridgehead atoms. The third kappa shape index (κ3) is 4.18. The molecule has 0 radical (unpaired) electrons. The van der Waals surface area contributed by atoms with Gasteiger partial charge in [-0.15, -0.1) is 6.58 Å². The van der Waals surface area contributed by atoms with Gasteiger partial charge in [0.2, 0.25) is 0 Å². The number of nitrogens with zero attached hydrogens (tertiary/aromatic N) is 1. The molecule has 0 saturated carbocycles. The molecule has 0 aromatic carbocycles. The van der Waals surface area contributed by atoms with Crippen molar-refractivity contribution in [1.82, 2.24) is 4.90 Å². The van der Waals surface area contributed by atoms with Gasteiger partial charge in [0.25, 0.3) is 0 Å². The number of hydrogen-bond donors (Lipinski definition) is 1. The molecule has 4 nitrogen and oxygen atoms in total. The highest BCUT2D eigenvalue weighted by atomic mass is 16.5. The van der Waals surface area contributed by atoms with Gasteiger partial charge >= 0.3 is 0 Å². The zero-order valence-corrected chi connectivity index (χ0v) is 9.82. The zero-order valence-electron chi connectivity index (χ0n) is 9.82. The predicted molar refractivity (Wildman–Crippen MR) is 63.9 cm³/mol. The molecule has 1 heterocycles. The second kappa shape index (κ2) is 7.22. The summed E-state index contributed by atoms with van der Waals surface area (Å²) in [6.07, 6.45) is 3.58. The van der Waals surface area contributed by atoms with Gasteiger partial charge in [0.1, 0.15) is 5.76 Å². The fourth-order valence-electron chi connectivity index (χ4n) is 1.47. The molecule has 0 aliphatic carbocycles. The van der Waals surface area contributed by atoms with E-state index in [1.54, 1.807) is 13.4 Å². The number of nitrogens with two attached hydrogens (primary N) is 1. The highest BCUT2D eigenvalue weighted by Gasteiger charge is 2.07. The Bertz CT molecular complexity index is 310. The molecular weight excluding hydrogens is 204 g/mol. The van der Waals surface area contributed by atoms with E-state index in [4.69, 9.17) is 14.9 Å². The Kier molecular flexibility index (Phi) is 5.85. The molecule has 0 fully saturated rings. The Hall–Kier alpha value is -1.10. The Morgan fingerprint density at radius 2 is 2.44 bits per heavy atom. The van der Waals surface area contributed by atoms with Gasteiger partial charge in [-0.1, -0.05) is 6.08 Å². The third-order valence-corrected chi connectivity index (χ3v) is 2.32. The van der Waals surface area contributed by atoms with Crippen molar-refractivity contribution in [2.45, 2.75) is 13.1 Å². The molecule has 0 atom stereocenters. The van der Waals surface area contributed by atoms with E-state index in [9.17, 15) is 0 Å². The molecule has 0 unspecified atom stereocenters. The van der Waals surface area contributed by atoms with Crippen LogP contribution in [0.1, 0.15) is 11.3 Å². The second-order valence-electron chi connectivity index (χ2n) is 3.64. The van der Waals surface area contributed by atoms with Crippen LogP contribution in [-0.2, 0) is 17.8 Å². The molecule has 0 spiro atoms. The van der Waals surface area contributed by atoms with Crippen molar-refractivity contribution in [1.29, 1.82) is 0 Å². The Morgan fingerprint density at radius 1 is 1.62 bits per heavy atom. The molecule has 1 aromatic heterocycles. The summed E-state index contributed by atoms with van der Waals surface area (Å²) in [5.74, 6) is 0.929. The van der Waals surface area contributed by atoms with Crippen LogP contribution in [-0.4, -0.2) is 31.7 Å². The first-order chi connectivity index (χ1) is 7.80. The minimum absolute atomic E-state index is 0.517. The molecular formula is C12H20N2O2. The van der Waals surface area contributed by atoms with E-state index >= 15 is 0 Å². The normalized spacial score (nSPS) is 10.9. The minimum atomic E-state index is 0.517. The summed E-state index contributed by atoms with van der Waals surface area (Å²) in [5.41, 5.74) is 6.55. The van der Waals surface area contributed by atoms with Gasteiger partial charge in [-0.3, -0.25) is 4.90 Å². The second-order valence-corrected chi connectivity index (χ2v) is 3.64. The first kappa shape index (κ1) is 13.0. The van der Waals surface area contributed by atoms with Crippen molar-refractivity contribution in [2.24, 2.45) is 5.73 Å². The lowest BCUT2D eigenvalue weighted by molar-refractivity contribution is 0.147. The molecule has 0 aliphatic rings. The van der Waals surface area contributed by atoms with Gasteiger partial charge in [-0.2, -0.15) is 0 Å². The lowest BCUT2D eigenvalue weighted by atomic mass is 10.3. The SMILES string of the molecule is C=CCN(CCOC)Cc1cc(CN)co1. The summed E-state index contributed by atoms with van der Waals surface area (Å²) >= 11 is 0. The van der Waals surface area contributed by atoms with E-state index in [1.165, 1.54) is 0 Å². The van der Waals surface area contributed by atoms with Crippen LogP contribution in [0.3, 0.4) is 0 Å². The molecule has 0 aliphatic heterocycles. The summed E-state index contributed by atoms with van der Waals surface area (Å²) in [6.45, 7) is 7.41. The maximum absolute atomic E-state index is 5.52. The van der Waals surface area contributed by atoms with Crippen molar-refractivity contribution in [2.75, 3.05) is 26.8 Å². The quantitative estimate of drug-likeness (QED) is 0.678. The van der Waals surface area contributed by atoms with Crippen LogP contribution in [0.2, 0.25) is 0 Å². The Morgan fingerprint density at radius 3 is 3.00 bits per heavy atom. The van der Waals surface area contributed by atoms with Crippen LogP contribution in [0.5, 0.6) is 0 Å². The maximum atomic E-state index is 5.52. The topological polar surface area (TPSA) is 51.6 Å². The summed E-state index contributed by atoms with van der Waals surface area (Å²) < 4.78 is 10.5. The summed E-state index contributed by atoms with van der Waals surface area (Å²) in [4.78, 5) is 2.20. The highest BCUT2D eigenvalue weighted by Crippen LogP contribution is 2.10. The minimum Gasteiger partial charge on any atom is -0.468 e. The summed E-state index contributed by atoms with van der Waals surface area (Å²) in [6, 6.07) is 1.99. The van der Waals surface area contributed by atoms with Gasteiger partial charge in [0.05, 0.1) is 19.4 Å². The third-order valence-electron chi connectivity index (χ3n) is 2.32. The van der Waals surface area contributed by atoms with Crippen LogP contribution >= 0.6 is 0 Å². The molecule has 0 amide bonds. The average Bonchev–Trinajstić information content (AvgIpc) is 2.74. The van der Waals surface area contributed by atoms with E-state index in [-0.39, 0.29) is 0 Å². The first-order valence-electron chi connectivity index (χ1n) is 5.38. The van der Waals surface area contributed by atoms with Gasteiger partial charge in [-0.25, -0.2) is 0 Å². The number of furan rings is 1. The molecule has 0 saturated heterocycles. The van der Waals surface area contributed by atoms with E-state index in [0.29, 0.717) is 13.2 Å². The van der Waals surface area contributed by atoms with Crippen molar-refractivity contribution in [3.8, 4) is 0 Å². The van der Waals surface area contributed by atoms with Crippen LogP contribution < -0.4 is 5.73 Å². The number of rotatable bonds is 8. The average molecular weight is 224 g/mol. The van der Waals surface area contributed by atoms with Crippen LogP contribution in [0.4, 0.5) is 0 Å². The number of methoxy groups -OCH3 is 1. The molecule has 4 heteroatoms. The Labute approximate surface area is 96.7 Å². The molecule has 90 valence electrons. The van der Waals surface area contributed by atoms with E-state index < -0.39 is 0 Å². The fourth-order valence-corrected chi connectivity index (χ4v) is 1.47. The molecule has 16 heavy (non-hydrogen) atoms. The lowest BCUT2D eigenvalue weighted by Gasteiger charge is -2.18. The van der Waals surface area contributed by atoms with Crippen LogP contribution in [0.25, 0.3) is 0 Å². The predicted octanol–water partition coefficient (Wildman–Crippen LogP) is 1.37. The van der Waals surface area contributed by atoms with Gasteiger partial charge in [-0.05, 0) is 6.07 Å². The highest BCUT2D eigenvalue weighted by molar-refractivity contribution is 5.12. The van der Waals surface area contributed by atoms with Crippen LogP contribution in [0.15, 0.2) is 29.4 Å². The monoisotopic (exact) mass is 224 g/mol. The van der Waals surface area contributed by atoms with Crippen molar-refractivity contribution in [3.05, 3.63) is 36.3 Å². The molecule has 1 rings (SSSR count). The fraction of sp³-hybridized carbons (Fsp3) is 0.500. The van der Waals surface area contributed by atoms with Crippen molar-refractivity contribution >= 4 is 0 Å². The number of ether oxygens (including phenoxy) is 1. The standard InChI is InChI=1S/C12H20N2O2/c1-3-4-14(5-6-15-2)9-12-7-11(8-13)10-16-12/h3,7,10H,1,4-6,8-9,13H2,2H3. The van der Waals surface area contributed by atoms with Gasteiger partial charge in [0, 0.05) is 32.3 Å². The number of hydrogen-bond acceptors (Lipinski definition) is 4. The zero-order chi connectivity index (χ0) is 11.8. The van der Waals surface area contributed by atoms with Crippen molar-refractivity contribution in [3.63, 3.8) is 0 Å². The van der Waals surface area contributed by atoms with E-state index in [0.717, 1.165) is 31.0 Å². The summed E-state index contributed by atoms with van der Waals surface area (Å²) in [7, 11) is 1.70. The van der Waals surface area contributed by atoms with E-state index in [2.05, 4.69) is 11.5 Å². The van der Waals surface area contributed by atoms with Crippen molar-refractivity contribution < 1.29 is 9.15 Å². The lowest BCUT2D eigenvalue weighted by Crippen LogP contribution is -2.26. The smallest absolute Gasteiger partial charge is 0.118 e. The van der Waals surface area contributed by atoms with E-state index in [1.807, 2.05) is 12.1 Å². The largest absolute Gasteiger partial charge is 0.468 e. The maximum Gasteiger partial charge on any atom is 0.118 e. The van der Waals surface area contributed by atoms with Gasteiger partial charge < -0.3 is 14.9 Å². The van der Waals surface area contributed by atoms with Gasteiger partial charge in [0.15, 0.2) is 0 Å². The molecule has 1 aromatic rings. The summed E-state index contributed by atoms with van der Waals surface area (Å²) in [5, 5.41) is 0. The first-order valence-corrected chi connectivity index (χ1v) is 5.38.